The minimum atomic E-state index is -3.65. The predicted molar refractivity (Wildman–Crippen MR) is 81.6 cm³/mol. The number of carbonyl (C=O) groups is 1. The molecular formula is C14H19ClN2O3S. The maximum Gasteiger partial charge on any atom is 0.244 e. The molecule has 1 fully saturated rings. The zero-order valence-corrected chi connectivity index (χ0v) is 13.7. The first-order valence-electron chi connectivity index (χ1n) is 6.80. The van der Waals surface area contributed by atoms with Gasteiger partial charge < -0.3 is 4.90 Å². The lowest BCUT2D eigenvalue weighted by atomic mass is 9.98. The van der Waals surface area contributed by atoms with E-state index in [2.05, 4.69) is 0 Å². The van der Waals surface area contributed by atoms with Crippen molar-refractivity contribution < 1.29 is 13.2 Å². The fourth-order valence-electron chi connectivity index (χ4n) is 2.52. The quantitative estimate of drug-likeness (QED) is 0.849. The van der Waals surface area contributed by atoms with Gasteiger partial charge in [0.25, 0.3) is 0 Å². The summed E-state index contributed by atoms with van der Waals surface area (Å²) in [7, 11) is -0.285. The Morgan fingerprint density at radius 1 is 1.33 bits per heavy atom. The molecule has 1 atom stereocenters. The average molecular weight is 331 g/mol. The minimum absolute atomic E-state index is 0.0333. The molecule has 2 rings (SSSR count). The number of benzene rings is 1. The van der Waals surface area contributed by atoms with Crippen molar-refractivity contribution in [3.8, 4) is 0 Å². The zero-order valence-electron chi connectivity index (χ0n) is 12.1. The number of hydrogen-bond donors (Lipinski definition) is 0. The van der Waals surface area contributed by atoms with Crippen LogP contribution in [0.1, 0.15) is 12.8 Å². The molecule has 0 bridgehead atoms. The molecule has 1 aromatic carbocycles. The summed E-state index contributed by atoms with van der Waals surface area (Å²) in [6, 6.07) is 6.39. The number of rotatable bonds is 3. The molecule has 1 aliphatic rings. The van der Waals surface area contributed by atoms with Gasteiger partial charge in [-0.2, -0.15) is 4.31 Å². The van der Waals surface area contributed by atoms with Crippen molar-refractivity contribution in [3.05, 3.63) is 29.3 Å². The maximum absolute atomic E-state index is 12.7. The number of hydrogen-bond acceptors (Lipinski definition) is 3. The van der Waals surface area contributed by atoms with E-state index in [9.17, 15) is 13.2 Å². The highest BCUT2D eigenvalue weighted by Crippen LogP contribution is 2.28. The molecule has 21 heavy (non-hydrogen) atoms. The van der Waals surface area contributed by atoms with Crippen LogP contribution in [0.3, 0.4) is 0 Å². The molecule has 0 radical (unpaired) electrons. The van der Waals surface area contributed by atoms with E-state index in [1.165, 1.54) is 15.3 Å². The highest BCUT2D eigenvalue weighted by Gasteiger charge is 2.34. The van der Waals surface area contributed by atoms with E-state index in [1.807, 2.05) is 0 Å². The lowest BCUT2D eigenvalue weighted by Gasteiger charge is -2.32. The molecular weight excluding hydrogens is 312 g/mol. The Bertz CT molecular complexity index is 631. The largest absolute Gasteiger partial charge is 0.349 e. The van der Waals surface area contributed by atoms with Crippen LogP contribution in [0.2, 0.25) is 5.02 Å². The van der Waals surface area contributed by atoms with E-state index in [0.717, 1.165) is 0 Å². The third-order valence-electron chi connectivity index (χ3n) is 3.63. The molecule has 7 heteroatoms. The SMILES string of the molecule is CN(C)C(=O)[C@@H]1CCCN(S(=O)(=O)c2ccccc2Cl)C1. The van der Waals surface area contributed by atoms with Crippen LogP contribution in [0.25, 0.3) is 0 Å². The molecule has 0 spiro atoms. The van der Waals surface area contributed by atoms with Gasteiger partial charge in [-0.25, -0.2) is 8.42 Å². The highest BCUT2D eigenvalue weighted by molar-refractivity contribution is 7.89. The van der Waals surface area contributed by atoms with Crippen LogP contribution < -0.4 is 0 Å². The lowest BCUT2D eigenvalue weighted by molar-refractivity contribution is -0.134. The number of halogens is 1. The molecule has 0 unspecified atom stereocenters. The second-order valence-electron chi connectivity index (χ2n) is 5.37. The number of nitrogens with zero attached hydrogens (tertiary/aromatic N) is 2. The van der Waals surface area contributed by atoms with Crippen LogP contribution in [-0.4, -0.2) is 50.7 Å². The van der Waals surface area contributed by atoms with Crippen LogP contribution in [0, 0.1) is 5.92 Å². The van der Waals surface area contributed by atoms with Crippen LogP contribution in [0.4, 0.5) is 0 Å². The van der Waals surface area contributed by atoms with Gasteiger partial charge in [-0.05, 0) is 25.0 Å². The van der Waals surface area contributed by atoms with E-state index < -0.39 is 10.0 Å². The van der Waals surface area contributed by atoms with Crippen molar-refractivity contribution in [1.29, 1.82) is 0 Å². The molecule has 0 aromatic heterocycles. The summed E-state index contributed by atoms with van der Waals surface area (Å²) >= 11 is 6.00. The van der Waals surface area contributed by atoms with Crippen LogP contribution in [0.5, 0.6) is 0 Å². The van der Waals surface area contributed by atoms with Gasteiger partial charge in [0.05, 0.1) is 10.9 Å². The fourth-order valence-corrected chi connectivity index (χ4v) is 4.54. The lowest BCUT2D eigenvalue weighted by Crippen LogP contribution is -2.45. The molecule has 0 saturated carbocycles. The van der Waals surface area contributed by atoms with Crippen molar-refractivity contribution in [2.24, 2.45) is 5.92 Å². The molecule has 116 valence electrons. The molecule has 1 amide bonds. The van der Waals surface area contributed by atoms with Gasteiger partial charge in [-0.1, -0.05) is 23.7 Å². The third kappa shape index (κ3) is 3.39. The second-order valence-corrected chi connectivity index (χ2v) is 7.68. The zero-order chi connectivity index (χ0) is 15.6. The van der Waals surface area contributed by atoms with Crippen molar-refractivity contribution in [2.45, 2.75) is 17.7 Å². The van der Waals surface area contributed by atoms with E-state index in [-0.39, 0.29) is 28.3 Å². The fraction of sp³-hybridized carbons (Fsp3) is 0.500. The van der Waals surface area contributed by atoms with Crippen LogP contribution in [0.15, 0.2) is 29.2 Å². The van der Waals surface area contributed by atoms with Crippen molar-refractivity contribution in [2.75, 3.05) is 27.2 Å². The van der Waals surface area contributed by atoms with E-state index in [1.54, 1.807) is 32.3 Å². The molecule has 1 saturated heterocycles. The minimum Gasteiger partial charge on any atom is -0.349 e. The number of sulfonamides is 1. The number of carbonyl (C=O) groups excluding carboxylic acids is 1. The first-order valence-corrected chi connectivity index (χ1v) is 8.61. The van der Waals surface area contributed by atoms with Gasteiger partial charge >= 0.3 is 0 Å². The molecule has 5 nitrogen and oxygen atoms in total. The van der Waals surface area contributed by atoms with Crippen molar-refractivity contribution in [1.82, 2.24) is 9.21 Å². The summed E-state index contributed by atoms with van der Waals surface area (Å²) in [4.78, 5) is 13.7. The van der Waals surface area contributed by atoms with Gasteiger partial charge in [0, 0.05) is 27.2 Å². The van der Waals surface area contributed by atoms with Gasteiger partial charge in [0.15, 0.2) is 0 Å². The normalized spacial score (nSPS) is 20.2. The molecule has 1 aromatic rings. The topological polar surface area (TPSA) is 57.7 Å². The van der Waals surface area contributed by atoms with Crippen molar-refractivity contribution in [3.63, 3.8) is 0 Å². The highest BCUT2D eigenvalue weighted by atomic mass is 35.5. The summed E-state index contributed by atoms with van der Waals surface area (Å²) < 4.78 is 26.7. The smallest absolute Gasteiger partial charge is 0.244 e. The Labute approximate surface area is 130 Å². The molecule has 1 heterocycles. The Balaban J connectivity index is 2.25. The van der Waals surface area contributed by atoms with E-state index >= 15 is 0 Å². The number of amides is 1. The predicted octanol–water partition coefficient (Wildman–Crippen LogP) is 1.83. The Hall–Kier alpha value is -1.11. The van der Waals surface area contributed by atoms with Gasteiger partial charge in [0.1, 0.15) is 4.90 Å². The van der Waals surface area contributed by atoms with E-state index in [0.29, 0.717) is 19.4 Å². The Kier molecular flexibility index (Phi) is 4.91. The van der Waals surface area contributed by atoms with E-state index in [4.69, 9.17) is 11.6 Å². The number of piperidine rings is 1. The summed E-state index contributed by atoms with van der Waals surface area (Å²) in [5, 5.41) is 0.207. The summed E-state index contributed by atoms with van der Waals surface area (Å²) in [5.41, 5.74) is 0. The Morgan fingerprint density at radius 3 is 2.62 bits per heavy atom. The second kappa shape index (κ2) is 6.34. The third-order valence-corrected chi connectivity index (χ3v) is 5.99. The maximum atomic E-state index is 12.7. The van der Waals surface area contributed by atoms with Crippen LogP contribution >= 0.6 is 11.6 Å². The van der Waals surface area contributed by atoms with Crippen LogP contribution in [-0.2, 0) is 14.8 Å². The Morgan fingerprint density at radius 2 is 2.00 bits per heavy atom. The van der Waals surface area contributed by atoms with Crippen molar-refractivity contribution >= 4 is 27.5 Å². The monoisotopic (exact) mass is 330 g/mol. The first-order chi connectivity index (χ1) is 9.84. The summed E-state index contributed by atoms with van der Waals surface area (Å²) in [6.07, 6.45) is 1.39. The molecule has 0 N–H and O–H groups in total. The van der Waals surface area contributed by atoms with Gasteiger partial charge in [0.2, 0.25) is 15.9 Å². The standard InChI is InChI=1S/C14H19ClN2O3S/c1-16(2)14(18)11-6-5-9-17(10-11)21(19,20)13-8-4-3-7-12(13)15/h3-4,7-8,11H,5-6,9-10H2,1-2H3/t11-/m1/s1. The first kappa shape index (κ1) is 16.3. The summed E-state index contributed by atoms with van der Waals surface area (Å²) in [5.74, 6) is -0.319. The van der Waals surface area contributed by atoms with Gasteiger partial charge in [-0.3, -0.25) is 4.79 Å². The molecule has 1 aliphatic heterocycles. The summed E-state index contributed by atoms with van der Waals surface area (Å²) in [6.45, 7) is 0.634. The van der Waals surface area contributed by atoms with Gasteiger partial charge in [-0.15, -0.1) is 0 Å². The average Bonchev–Trinajstić information content (AvgIpc) is 2.46. The molecule has 0 aliphatic carbocycles.